The fourth-order valence-corrected chi connectivity index (χ4v) is 3.39. The summed E-state index contributed by atoms with van der Waals surface area (Å²) in [7, 11) is 3.40. The van der Waals surface area contributed by atoms with Gasteiger partial charge < -0.3 is 25.7 Å². The Morgan fingerprint density at radius 2 is 1.88 bits per heavy atom. The highest BCUT2D eigenvalue weighted by atomic mass is 16.5. The molecule has 0 aliphatic carbocycles. The molecule has 1 amide bonds. The van der Waals surface area contributed by atoms with Gasteiger partial charge in [-0.2, -0.15) is 0 Å². The van der Waals surface area contributed by atoms with E-state index >= 15 is 0 Å². The lowest BCUT2D eigenvalue weighted by atomic mass is 10.0. The Bertz CT molecular complexity index is 1210. The second-order valence-corrected chi connectivity index (χ2v) is 7.47. The number of aryl methyl sites for hydroxylation is 3. The summed E-state index contributed by atoms with van der Waals surface area (Å²) < 4.78 is 7.86. The van der Waals surface area contributed by atoms with Gasteiger partial charge in [0.15, 0.2) is 0 Å². The Kier molecular flexibility index (Phi) is 7.12. The Labute approximate surface area is 187 Å². The van der Waals surface area contributed by atoms with Crippen LogP contribution in [0.5, 0.6) is 11.5 Å². The van der Waals surface area contributed by atoms with Crippen LogP contribution in [0.1, 0.15) is 11.1 Å². The fourth-order valence-electron chi connectivity index (χ4n) is 3.39. The maximum absolute atomic E-state index is 12.4. The minimum Gasteiger partial charge on any atom is -0.456 e. The zero-order valence-electron chi connectivity index (χ0n) is 18.7. The Morgan fingerprint density at radius 1 is 1.16 bits per heavy atom. The van der Waals surface area contributed by atoms with Crippen LogP contribution < -0.4 is 26.7 Å². The summed E-state index contributed by atoms with van der Waals surface area (Å²) in [5.74, 6) is 1.11. The number of benzene rings is 2. The van der Waals surface area contributed by atoms with Crippen molar-refractivity contribution in [2.24, 2.45) is 12.8 Å². The van der Waals surface area contributed by atoms with Crippen LogP contribution >= 0.6 is 0 Å². The average molecular weight is 433 g/mol. The van der Waals surface area contributed by atoms with E-state index in [4.69, 9.17) is 10.5 Å². The zero-order chi connectivity index (χ0) is 23.3. The Hall–Kier alpha value is -3.84. The normalized spacial score (nSPS) is 10.9. The quantitative estimate of drug-likeness (QED) is 0.491. The van der Waals surface area contributed by atoms with Gasteiger partial charge in [0.2, 0.25) is 5.91 Å². The maximum Gasteiger partial charge on any atom is 0.273 e. The molecule has 0 fully saturated rings. The van der Waals surface area contributed by atoms with Gasteiger partial charge in [-0.25, -0.2) is 0 Å². The average Bonchev–Trinajstić information content (AvgIpc) is 2.77. The molecule has 3 rings (SSSR count). The number of nitrogens with one attached hydrogen (secondary N) is 2. The van der Waals surface area contributed by atoms with Crippen molar-refractivity contribution in [2.75, 3.05) is 24.2 Å². The minimum atomic E-state index is -0.277. The predicted molar refractivity (Wildman–Crippen MR) is 129 cm³/mol. The van der Waals surface area contributed by atoms with Crippen LogP contribution in [0, 0.1) is 13.8 Å². The zero-order valence-corrected chi connectivity index (χ0v) is 18.7. The van der Waals surface area contributed by atoms with Crippen molar-refractivity contribution < 1.29 is 9.53 Å². The number of pyridine rings is 1. The first-order chi connectivity index (χ1) is 15.3. The van der Waals surface area contributed by atoms with Crippen molar-refractivity contribution in [2.45, 2.75) is 13.8 Å². The second kappa shape index (κ2) is 9.98. The monoisotopic (exact) mass is 432 g/mol. The van der Waals surface area contributed by atoms with Crippen molar-refractivity contribution in [1.82, 2.24) is 4.57 Å². The van der Waals surface area contributed by atoms with Crippen molar-refractivity contribution in [3.05, 3.63) is 82.3 Å². The third-order valence-corrected chi connectivity index (χ3v) is 5.04. The molecule has 1 heterocycles. The van der Waals surface area contributed by atoms with E-state index < -0.39 is 0 Å². The lowest BCUT2D eigenvalue weighted by Crippen LogP contribution is -2.19. The highest BCUT2D eigenvalue weighted by molar-refractivity contribution is 6.00. The summed E-state index contributed by atoms with van der Waals surface area (Å²) in [6.45, 7) is 4.27. The number of carbonyl (C=O) groups is 1. The third kappa shape index (κ3) is 5.07. The van der Waals surface area contributed by atoms with Crippen LogP contribution in [0.15, 0.2) is 65.6 Å². The fraction of sp³-hybridized carbons (Fsp3) is 0.200. The SMILES string of the molecule is CNc1cc(-c2cc(NC(=O)/C=C/CN)ccc2Oc2c(C)cccc2C)cn(C)c1=O. The number of ether oxygens (including phenoxy) is 1. The van der Waals surface area contributed by atoms with Crippen molar-refractivity contribution in [1.29, 1.82) is 0 Å². The van der Waals surface area contributed by atoms with Gasteiger partial charge in [-0.05, 0) is 49.2 Å². The van der Waals surface area contributed by atoms with Gasteiger partial charge in [0.05, 0.1) is 0 Å². The van der Waals surface area contributed by atoms with Gasteiger partial charge in [0.25, 0.3) is 5.56 Å². The smallest absolute Gasteiger partial charge is 0.273 e. The summed E-state index contributed by atoms with van der Waals surface area (Å²) in [4.78, 5) is 24.5. The van der Waals surface area contributed by atoms with Crippen LogP contribution in [0.25, 0.3) is 11.1 Å². The summed E-state index contributed by atoms with van der Waals surface area (Å²) in [6.07, 6.45) is 4.73. The predicted octanol–water partition coefficient (Wildman–Crippen LogP) is 3.96. The van der Waals surface area contributed by atoms with Gasteiger partial charge in [0.1, 0.15) is 17.2 Å². The lowest BCUT2D eigenvalue weighted by Gasteiger charge is -2.17. The molecule has 0 saturated carbocycles. The van der Waals surface area contributed by atoms with E-state index in [9.17, 15) is 9.59 Å². The molecule has 0 unspecified atom stereocenters. The van der Waals surface area contributed by atoms with Crippen molar-refractivity contribution in [3.8, 4) is 22.6 Å². The van der Waals surface area contributed by atoms with E-state index in [1.165, 1.54) is 10.6 Å². The summed E-state index contributed by atoms with van der Waals surface area (Å²) >= 11 is 0. The molecule has 1 aromatic heterocycles. The molecule has 0 bridgehead atoms. The number of amides is 1. The van der Waals surface area contributed by atoms with Crippen LogP contribution in [0.2, 0.25) is 0 Å². The van der Waals surface area contributed by atoms with Gasteiger partial charge in [-0.15, -0.1) is 0 Å². The van der Waals surface area contributed by atoms with Crippen LogP contribution in [0.3, 0.4) is 0 Å². The lowest BCUT2D eigenvalue weighted by molar-refractivity contribution is -0.111. The third-order valence-electron chi connectivity index (χ3n) is 5.04. The van der Waals surface area contributed by atoms with Gasteiger partial charge in [-0.1, -0.05) is 24.3 Å². The number of nitrogens with two attached hydrogens (primary N) is 1. The maximum atomic E-state index is 12.4. The van der Waals surface area contributed by atoms with Crippen molar-refractivity contribution in [3.63, 3.8) is 0 Å². The van der Waals surface area contributed by atoms with E-state index in [0.29, 0.717) is 17.1 Å². The van der Waals surface area contributed by atoms with Gasteiger partial charge in [0, 0.05) is 49.7 Å². The molecule has 7 nitrogen and oxygen atoms in total. The molecular weight excluding hydrogens is 404 g/mol. The highest BCUT2D eigenvalue weighted by Crippen LogP contribution is 2.38. The number of nitrogens with zero attached hydrogens (tertiary/aromatic N) is 1. The second-order valence-electron chi connectivity index (χ2n) is 7.47. The first-order valence-corrected chi connectivity index (χ1v) is 10.3. The van der Waals surface area contributed by atoms with E-state index in [1.54, 1.807) is 38.5 Å². The molecule has 0 atom stereocenters. The Balaban J connectivity index is 2.13. The number of hydrogen-bond acceptors (Lipinski definition) is 5. The highest BCUT2D eigenvalue weighted by Gasteiger charge is 2.15. The number of carbonyl (C=O) groups excluding carboxylic acids is 1. The van der Waals surface area contributed by atoms with Gasteiger partial charge >= 0.3 is 0 Å². The number of hydrogen-bond donors (Lipinski definition) is 3. The number of rotatable bonds is 7. The molecule has 2 aromatic carbocycles. The first-order valence-electron chi connectivity index (χ1n) is 10.3. The summed E-state index contributed by atoms with van der Waals surface area (Å²) in [5.41, 5.74) is 9.88. The molecule has 3 aromatic rings. The number of aromatic nitrogens is 1. The largest absolute Gasteiger partial charge is 0.456 e. The summed E-state index contributed by atoms with van der Waals surface area (Å²) in [5, 5.41) is 5.77. The minimum absolute atomic E-state index is 0.134. The first kappa shape index (κ1) is 22.8. The summed E-state index contributed by atoms with van der Waals surface area (Å²) in [6, 6.07) is 13.2. The molecule has 0 saturated heterocycles. The molecule has 0 radical (unpaired) electrons. The van der Waals surface area contributed by atoms with Crippen LogP contribution in [-0.4, -0.2) is 24.1 Å². The van der Waals surface area contributed by atoms with E-state index in [0.717, 1.165) is 28.0 Å². The van der Waals surface area contributed by atoms with Gasteiger partial charge in [-0.3, -0.25) is 9.59 Å². The van der Waals surface area contributed by atoms with E-state index in [1.807, 2.05) is 44.2 Å². The van der Waals surface area contributed by atoms with Crippen LogP contribution in [0.4, 0.5) is 11.4 Å². The number of para-hydroxylation sites is 1. The molecule has 0 aliphatic heterocycles. The molecule has 32 heavy (non-hydrogen) atoms. The molecular formula is C25H28N4O3. The molecule has 7 heteroatoms. The van der Waals surface area contributed by atoms with Crippen molar-refractivity contribution >= 4 is 17.3 Å². The standard InChI is InChI=1S/C25H28N4O3/c1-16-7-5-8-17(2)24(16)32-22-11-10-19(28-23(30)9-6-12-26)14-20(22)18-13-21(27-3)25(31)29(4)15-18/h5-11,13-15,27H,12,26H2,1-4H3,(H,28,30)/b9-6+. The van der Waals surface area contributed by atoms with E-state index in [-0.39, 0.29) is 18.0 Å². The number of anilines is 2. The molecule has 0 aliphatic rings. The Morgan fingerprint density at radius 3 is 2.53 bits per heavy atom. The van der Waals surface area contributed by atoms with Crippen LogP contribution in [-0.2, 0) is 11.8 Å². The molecule has 4 N–H and O–H groups in total. The molecule has 166 valence electrons. The topological polar surface area (TPSA) is 98.4 Å². The molecule has 0 spiro atoms. The van der Waals surface area contributed by atoms with E-state index in [2.05, 4.69) is 10.6 Å².